The van der Waals surface area contributed by atoms with Crippen LogP contribution in [0.1, 0.15) is 21.5 Å². The zero-order valence-electron chi connectivity index (χ0n) is 18.4. The average molecular weight is 470 g/mol. The highest BCUT2D eigenvalue weighted by Gasteiger charge is 2.21. The van der Waals surface area contributed by atoms with E-state index in [0.29, 0.717) is 27.4 Å². The SMILES string of the molecule is COc1ccc(C(=O)N(/N=C/c2coc3ccccc3c2=O)c2nc3ccc(C)cc3s2)cc1. The van der Waals surface area contributed by atoms with E-state index in [4.69, 9.17) is 9.15 Å². The van der Waals surface area contributed by atoms with Crippen molar-refractivity contribution in [2.45, 2.75) is 6.92 Å². The molecule has 0 aliphatic carbocycles. The smallest absolute Gasteiger partial charge is 0.280 e. The third-order valence-corrected chi connectivity index (χ3v) is 6.26. The van der Waals surface area contributed by atoms with Crippen LogP contribution in [0.5, 0.6) is 5.75 Å². The van der Waals surface area contributed by atoms with Gasteiger partial charge in [0.05, 0.1) is 34.5 Å². The number of para-hydroxylation sites is 1. The fourth-order valence-electron chi connectivity index (χ4n) is 3.46. The summed E-state index contributed by atoms with van der Waals surface area (Å²) in [5.41, 5.74) is 2.73. The molecule has 7 nitrogen and oxygen atoms in total. The van der Waals surface area contributed by atoms with Gasteiger partial charge in [-0.05, 0) is 61.0 Å². The lowest BCUT2D eigenvalue weighted by molar-refractivity contribution is 0.0988. The molecule has 168 valence electrons. The number of aryl methyl sites for hydroxylation is 1. The largest absolute Gasteiger partial charge is 0.497 e. The lowest BCUT2D eigenvalue weighted by atomic mass is 10.2. The van der Waals surface area contributed by atoms with Crippen molar-refractivity contribution in [3.8, 4) is 5.75 Å². The van der Waals surface area contributed by atoms with Crippen LogP contribution in [0.15, 0.2) is 87.3 Å². The summed E-state index contributed by atoms with van der Waals surface area (Å²) < 4.78 is 11.7. The Hall–Kier alpha value is -4.30. The molecule has 0 fully saturated rings. The van der Waals surface area contributed by atoms with Gasteiger partial charge in [0, 0.05) is 5.56 Å². The molecular formula is C26H19N3O4S. The molecule has 0 unspecified atom stereocenters. The molecule has 8 heteroatoms. The topological polar surface area (TPSA) is 85.0 Å². The van der Waals surface area contributed by atoms with Crippen molar-refractivity contribution in [1.29, 1.82) is 0 Å². The van der Waals surface area contributed by atoms with Crippen molar-refractivity contribution in [3.63, 3.8) is 0 Å². The predicted molar refractivity (Wildman–Crippen MR) is 134 cm³/mol. The van der Waals surface area contributed by atoms with Gasteiger partial charge >= 0.3 is 0 Å². The second kappa shape index (κ2) is 8.92. The molecule has 0 bridgehead atoms. The van der Waals surface area contributed by atoms with Gasteiger partial charge in [0.25, 0.3) is 5.91 Å². The minimum Gasteiger partial charge on any atom is -0.497 e. The number of hydrazone groups is 1. The minimum absolute atomic E-state index is 0.225. The van der Waals surface area contributed by atoms with Gasteiger partial charge in [0.15, 0.2) is 0 Å². The second-order valence-electron chi connectivity index (χ2n) is 7.57. The Labute approximate surface area is 198 Å². The number of carbonyl (C=O) groups is 1. The monoisotopic (exact) mass is 469 g/mol. The number of rotatable bonds is 5. The van der Waals surface area contributed by atoms with E-state index < -0.39 is 0 Å². The first-order valence-electron chi connectivity index (χ1n) is 10.4. The second-order valence-corrected chi connectivity index (χ2v) is 8.58. The molecule has 0 aliphatic rings. The lowest BCUT2D eigenvalue weighted by Crippen LogP contribution is -2.26. The Bertz CT molecular complexity index is 1600. The van der Waals surface area contributed by atoms with Crippen LogP contribution in [0.4, 0.5) is 5.13 Å². The quantitative estimate of drug-likeness (QED) is 0.254. The molecule has 3 aromatic carbocycles. The van der Waals surface area contributed by atoms with Gasteiger partial charge in [-0.3, -0.25) is 9.59 Å². The van der Waals surface area contributed by atoms with E-state index in [-0.39, 0.29) is 16.9 Å². The molecule has 34 heavy (non-hydrogen) atoms. The Morgan fingerprint density at radius 2 is 1.91 bits per heavy atom. The zero-order chi connectivity index (χ0) is 23.7. The summed E-state index contributed by atoms with van der Waals surface area (Å²) in [5.74, 6) is 0.246. The summed E-state index contributed by atoms with van der Waals surface area (Å²) in [4.78, 5) is 30.9. The van der Waals surface area contributed by atoms with Gasteiger partial charge in [0.1, 0.15) is 17.6 Å². The number of hydrogen-bond donors (Lipinski definition) is 0. The molecule has 2 aromatic heterocycles. The first-order valence-corrected chi connectivity index (χ1v) is 11.3. The van der Waals surface area contributed by atoms with Crippen molar-refractivity contribution in [1.82, 2.24) is 4.98 Å². The van der Waals surface area contributed by atoms with Gasteiger partial charge in [0.2, 0.25) is 10.6 Å². The first kappa shape index (κ1) is 21.5. The Kier molecular flexibility index (Phi) is 5.65. The predicted octanol–water partition coefficient (Wildman–Crippen LogP) is 5.40. The van der Waals surface area contributed by atoms with Gasteiger partial charge in [-0.1, -0.05) is 29.5 Å². The molecule has 5 rings (SSSR count). The summed E-state index contributed by atoms with van der Waals surface area (Å²) in [5, 5.41) is 6.42. The van der Waals surface area contributed by atoms with Crippen LogP contribution in [0.25, 0.3) is 21.2 Å². The lowest BCUT2D eigenvalue weighted by Gasteiger charge is -2.14. The number of anilines is 1. The van der Waals surface area contributed by atoms with E-state index in [1.807, 2.05) is 25.1 Å². The van der Waals surface area contributed by atoms with Gasteiger partial charge in [-0.15, -0.1) is 0 Å². The standard InChI is InChI=1S/C26H19N3O4S/c1-16-7-12-21-23(13-16)34-26(28-21)29(25(31)17-8-10-19(32-2)11-9-17)27-14-18-15-33-22-6-4-3-5-20(22)24(18)30/h3-15H,1-2H3/b27-14+. The molecule has 2 heterocycles. The number of hydrogen-bond acceptors (Lipinski definition) is 7. The minimum atomic E-state index is -0.389. The fourth-order valence-corrected chi connectivity index (χ4v) is 4.48. The van der Waals surface area contributed by atoms with Crippen LogP contribution in [-0.4, -0.2) is 24.2 Å². The molecule has 0 N–H and O–H groups in total. The maximum atomic E-state index is 13.4. The highest BCUT2D eigenvalue weighted by molar-refractivity contribution is 7.22. The summed E-state index contributed by atoms with van der Waals surface area (Å²) in [6, 6.07) is 19.6. The van der Waals surface area contributed by atoms with E-state index in [9.17, 15) is 9.59 Å². The Morgan fingerprint density at radius 3 is 2.71 bits per heavy atom. The van der Waals surface area contributed by atoms with Gasteiger partial charge < -0.3 is 9.15 Å². The molecule has 0 atom stereocenters. The number of ether oxygens (including phenoxy) is 1. The summed E-state index contributed by atoms with van der Waals surface area (Å²) >= 11 is 1.35. The molecular weight excluding hydrogens is 450 g/mol. The molecule has 0 saturated heterocycles. The van der Waals surface area contributed by atoms with E-state index in [0.717, 1.165) is 15.8 Å². The summed E-state index contributed by atoms with van der Waals surface area (Å²) in [6.07, 6.45) is 2.67. The summed E-state index contributed by atoms with van der Waals surface area (Å²) in [6.45, 7) is 2.00. The van der Waals surface area contributed by atoms with Crippen LogP contribution in [-0.2, 0) is 0 Å². The third kappa shape index (κ3) is 4.06. The number of aromatic nitrogens is 1. The molecule has 0 saturated carbocycles. The maximum Gasteiger partial charge on any atom is 0.280 e. The number of nitrogens with zero attached hydrogens (tertiary/aromatic N) is 3. The molecule has 0 spiro atoms. The summed E-state index contributed by atoms with van der Waals surface area (Å²) in [7, 11) is 1.56. The molecule has 0 radical (unpaired) electrons. The number of amides is 1. The van der Waals surface area contributed by atoms with Gasteiger partial charge in [-0.2, -0.15) is 10.1 Å². The van der Waals surface area contributed by atoms with Crippen LogP contribution in [0.2, 0.25) is 0 Å². The van der Waals surface area contributed by atoms with E-state index in [1.54, 1.807) is 55.6 Å². The third-order valence-electron chi connectivity index (χ3n) is 5.26. The van der Waals surface area contributed by atoms with E-state index in [1.165, 1.54) is 28.8 Å². The Morgan fingerprint density at radius 1 is 1.12 bits per heavy atom. The van der Waals surface area contributed by atoms with Crippen LogP contribution < -0.4 is 15.2 Å². The highest BCUT2D eigenvalue weighted by atomic mass is 32.1. The molecule has 1 amide bonds. The number of methoxy groups -OCH3 is 1. The first-order chi connectivity index (χ1) is 16.5. The van der Waals surface area contributed by atoms with Crippen molar-refractivity contribution in [3.05, 3.63) is 99.9 Å². The van der Waals surface area contributed by atoms with E-state index >= 15 is 0 Å². The number of fused-ring (bicyclic) bond motifs is 2. The van der Waals surface area contributed by atoms with E-state index in [2.05, 4.69) is 10.1 Å². The fraction of sp³-hybridized carbons (Fsp3) is 0.0769. The van der Waals surface area contributed by atoms with Crippen LogP contribution >= 0.6 is 11.3 Å². The Balaban J connectivity index is 1.59. The number of benzene rings is 3. The van der Waals surface area contributed by atoms with Crippen molar-refractivity contribution >= 4 is 49.8 Å². The maximum absolute atomic E-state index is 13.4. The number of thiazole rings is 1. The van der Waals surface area contributed by atoms with Crippen molar-refractivity contribution in [2.75, 3.05) is 12.1 Å². The van der Waals surface area contributed by atoms with Crippen LogP contribution in [0, 0.1) is 6.92 Å². The number of carbonyl (C=O) groups excluding carboxylic acids is 1. The van der Waals surface area contributed by atoms with Crippen molar-refractivity contribution < 1.29 is 13.9 Å². The average Bonchev–Trinajstić information content (AvgIpc) is 3.28. The molecule has 0 aliphatic heterocycles. The van der Waals surface area contributed by atoms with Gasteiger partial charge in [-0.25, -0.2) is 4.98 Å². The molecule has 5 aromatic rings. The zero-order valence-corrected chi connectivity index (χ0v) is 19.2. The van der Waals surface area contributed by atoms with Crippen molar-refractivity contribution in [2.24, 2.45) is 5.10 Å². The normalized spacial score (nSPS) is 11.4. The van der Waals surface area contributed by atoms with Crippen LogP contribution in [0.3, 0.4) is 0 Å². The highest BCUT2D eigenvalue weighted by Crippen LogP contribution is 2.31.